The van der Waals surface area contributed by atoms with Crippen LogP contribution in [0, 0.1) is 10.1 Å². The zero-order valence-electron chi connectivity index (χ0n) is 11.9. The van der Waals surface area contributed by atoms with Crippen molar-refractivity contribution in [3.05, 3.63) is 56.3 Å². The van der Waals surface area contributed by atoms with E-state index in [0.717, 1.165) is 5.56 Å². The molecule has 1 atom stereocenters. The van der Waals surface area contributed by atoms with Crippen molar-refractivity contribution in [1.82, 2.24) is 4.90 Å². The minimum atomic E-state index is -0.429. The molecule has 0 spiro atoms. The highest BCUT2D eigenvalue weighted by molar-refractivity contribution is 7.10. The van der Waals surface area contributed by atoms with Gasteiger partial charge in [0.05, 0.1) is 4.92 Å². The van der Waals surface area contributed by atoms with Crippen molar-refractivity contribution in [3.63, 3.8) is 0 Å². The van der Waals surface area contributed by atoms with E-state index in [1.807, 2.05) is 24.6 Å². The average molecular weight is 306 g/mol. The minimum absolute atomic E-state index is 0.00724. The number of para-hydroxylation sites is 1. The quantitative estimate of drug-likeness (QED) is 0.486. The van der Waals surface area contributed by atoms with Gasteiger partial charge in [0, 0.05) is 23.5 Å². The molecule has 0 amide bonds. The van der Waals surface area contributed by atoms with Gasteiger partial charge < -0.3 is 5.43 Å². The Labute approximate surface area is 127 Å². The third-order valence-electron chi connectivity index (χ3n) is 3.51. The fourth-order valence-electron chi connectivity index (χ4n) is 2.19. The molecule has 0 aliphatic heterocycles. The highest BCUT2D eigenvalue weighted by Gasteiger charge is 2.19. The maximum Gasteiger partial charge on any atom is 0.293 e. The van der Waals surface area contributed by atoms with E-state index in [0.29, 0.717) is 12.2 Å². The number of nitro groups is 1. The average Bonchev–Trinajstić information content (AvgIpc) is 3.00. The number of nitrogens with one attached hydrogen (secondary N) is 1. The SMILES string of the molecule is CC(c1cccs1)N(C)Cc1cccc([N+](=O)[O-])c1NN. The smallest absolute Gasteiger partial charge is 0.293 e. The van der Waals surface area contributed by atoms with Crippen molar-refractivity contribution in [2.24, 2.45) is 5.84 Å². The zero-order valence-corrected chi connectivity index (χ0v) is 12.8. The predicted molar refractivity (Wildman–Crippen MR) is 85.1 cm³/mol. The summed E-state index contributed by atoms with van der Waals surface area (Å²) in [6.45, 7) is 2.68. The molecule has 1 aromatic heterocycles. The Balaban J connectivity index is 2.23. The number of thiophene rings is 1. The van der Waals surface area contributed by atoms with Crippen molar-refractivity contribution in [2.45, 2.75) is 19.5 Å². The molecule has 0 aliphatic carbocycles. The second-order valence-corrected chi connectivity index (χ2v) is 5.80. The Morgan fingerprint density at radius 2 is 2.19 bits per heavy atom. The molecule has 0 radical (unpaired) electrons. The number of nitrogens with two attached hydrogens (primary N) is 1. The van der Waals surface area contributed by atoms with Gasteiger partial charge in [-0.25, -0.2) is 0 Å². The normalized spacial score (nSPS) is 12.4. The van der Waals surface area contributed by atoms with Crippen molar-refractivity contribution < 1.29 is 4.92 Å². The summed E-state index contributed by atoms with van der Waals surface area (Å²) in [6.07, 6.45) is 0. The fourth-order valence-corrected chi connectivity index (χ4v) is 3.04. The zero-order chi connectivity index (χ0) is 15.4. The molecule has 6 nitrogen and oxygen atoms in total. The maximum absolute atomic E-state index is 11.0. The summed E-state index contributed by atoms with van der Waals surface area (Å²) < 4.78 is 0. The first-order valence-corrected chi connectivity index (χ1v) is 7.39. The molecule has 1 unspecified atom stereocenters. The van der Waals surface area contributed by atoms with E-state index in [1.165, 1.54) is 10.9 Å². The van der Waals surface area contributed by atoms with Gasteiger partial charge in [0.25, 0.3) is 5.69 Å². The standard InChI is InChI=1S/C14H18N4O2S/c1-10(13-7-4-8-21-13)17(2)9-11-5-3-6-12(18(19)20)14(11)16-15/h3-8,10,16H,9,15H2,1-2H3. The van der Waals surface area contributed by atoms with E-state index in [1.54, 1.807) is 17.4 Å². The molecule has 0 fully saturated rings. The minimum Gasteiger partial charge on any atom is -0.318 e. The van der Waals surface area contributed by atoms with Crippen molar-refractivity contribution in [2.75, 3.05) is 12.5 Å². The van der Waals surface area contributed by atoms with Crippen LogP contribution in [0.4, 0.5) is 11.4 Å². The van der Waals surface area contributed by atoms with Crippen LogP contribution >= 0.6 is 11.3 Å². The second kappa shape index (κ2) is 6.66. The Hall–Kier alpha value is -1.96. The van der Waals surface area contributed by atoms with Gasteiger partial charge in [-0.2, -0.15) is 0 Å². The largest absolute Gasteiger partial charge is 0.318 e. The van der Waals surface area contributed by atoms with Crippen LogP contribution in [-0.4, -0.2) is 16.9 Å². The summed E-state index contributed by atoms with van der Waals surface area (Å²) in [5, 5.41) is 13.1. The van der Waals surface area contributed by atoms with Gasteiger partial charge in [-0.15, -0.1) is 11.3 Å². The van der Waals surface area contributed by atoms with Crippen LogP contribution in [0.3, 0.4) is 0 Å². The first-order valence-electron chi connectivity index (χ1n) is 6.51. The topological polar surface area (TPSA) is 84.4 Å². The number of hydrazine groups is 1. The monoisotopic (exact) mass is 306 g/mol. The molecule has 21 heavy (non-hydrogen) atoms. The molecular formula is C14H18N4O2S. The molecule has 0 aliphatic rings. The highest BCUT2D eigenvalue weighted by atomic mass is 32.1. The molecule has 0 bridgehead atoms. The van der Waals surface area contributed by atoms with Crippen LogP contribution in [-0.2, 0) is 6.54 Å². The number of benzene rings is 1. The van der Waals surface area contributed by atoms with Crippen LogP contribution in [0.2, 0.25) is 0 Å². The van der Waals surface area contributed by atoms with E-state index >= 15 is 0 Å². The van der Waals surface area contributed by atoms with Crippen molar-refractivity contribution >= 4 is 22.7 Å². The number of hydrogen-bond donors (Lipinski definition) is 2. The predicted octanol–water partition coefficient (Wildman–Crippen LogP) is 3.13. The maximum atomic E-state index is 11.0. The van der Waals surface area contributed by atoms with E-state index in [4.69, 9.17) is 5.84 Å². The van der Waals surface area contributed by atoms with Gasteiger partial charge in [-0.1, -0.05) is 18.2 Å². The van der Waals surface area contributed by atoms with Gasteiger partial charge in [-0.05, 0) is 31.0 Å². The molecule has 1 aromatic carbocycles. The molecule has 2 rings (SSSR count). The second-order valence-electron chi connectivity index (χ2n) is 4.82. The van der Waals surface area contributed by atoms with Gasteiger partial charge in [0.1, 0.15) is 5.69 Å². The molecule has 0 saturated carbocycles. The lowest BCUT2D eigenvalue weighted by atomic mass is 10.1. The molecule has 1 heterocycles. The number of nitro benzene ring substituents is 1. The Morgan fingerprint density at radius 3 is 2.76 bits per heavy atom. The van der Waals surface area contributed by atoms with Gasteiger partial charge >= 0.3 is 0 Å². The number of rotatable bonds is 6. The summed E-state index contributed by atoms with van der Waals surface area (Å²) in [4.78, 5) is 14.0. The van der Waals surface area contributed by atoms with Crippen LogP contribution in [0.5, 0.6) is 0 Å². The first-order chi connectivity index (χ1) is 10.0. The number of nitrogens with zero attached hydrogens (tertiary/aromatic N) is 2. The summed E-state index contributed by atoms with van der Waals surface area (Å²) in [5.74, 6) is 5.46. The Kier molecular flexibility index (Phi) is 4.89. The summed E-state index contributed by atoms with van der Waals surface area (Å²) in [5.41, 5.74) is 3.62. The van der Waals surface area contributed by atoms with Crippen LogP contribution in [0.15, 0.2) is 35.7 Å². The lowest BCUT2D eigenvalue weighted by Gasteiger charge is -2.24. The van der Waals surface area contributed by atoms with E-state index in [9.17, 15) is 10.1 Å². The Morgan fingerprint density at radius 1 is 1.43 bits per heavy atom. The highest BCUT2D eigenvalue weighted by Crippen LogP contribution is 2.30. The number of nitrogen functional groups attached to an aromatic ring is 1. The molecular weight excluding hydrogens is 288 g/mol. The van der Waals surface area contributed by atoms with Gasteiger partial charge in [0.15, 0.2) is 0 Å². The summed E-state index contributed by atoms with van der Waals surface area (Å²) in [6, 6.07) is 9.31. The molecule has 2 aromatic rings. The molecule has 7 heteroatoms. The van der Waals surface area contributed by atoms with Gasteiger partial charge in [0.2, 0.25) is 0 Å². The lowest BCUT2D eigenvalue weighted by molar-refractivity contribution is -0.384. The number of hydrogen-bond acceptors (Lipinski definition) is 6. The van der Waals surface area contributed by atoms with Gasteiger partial charge in [-0.3, -0.25) is 20.9 Å². The lowest BCUT2D eigenvalue weighted by Crippen LogP contribution is -2.22. The van der Waals surface area contributed by atoms with Crippen LogP contribution in [0.1, 0.15) is 23.4 Å². The van der Waals surface area contributed by atoms with Crippen LogP contribution < -0.4 is 11.3 Å². The molecule has 112 valence electrons. The Bertz CT molecular complexity index is 615. The van der Waals surface area contributed by atoms with Crippen LogP contribution in [0.25, 0.3) is 0 Å². The third-order valence-corrected chi connectivity index (χ3v) is 4.55. The van der Waals surface area contributed by atoms with E-state index in [2.05, 4.69) is 23.3 Å². The first kappa shape index (κ1) is 15.4. The van der Waals surface area contributed by atoms with Crippen molar-refractivity contribution in [3.8, 4) is 0 Å². The van der Waals surface area contributed by atoms with Crippen molar-refractivity contribution in [1.29, 1.82) is 0 Å². The summed E-state index contributed by atoms with van der Waals surface area (Å²) >= 11 is 1.70. The molecule has 0 saturated heterocycles. The third kappa shape index (κ3) is 3.38. The number of anilines is 1. The molecule has 3 N–H and O–H groups in total. The summed E-state index contributed by atoms with van der Waals surface area (Å²) in [7, 11) is 1.99. The van der Waals surface area contributed by atoms with E-state index < -0.39 is 4.92 Å². The van der Waals surface area contributed by atoms with E-state index in [-0.39, 0.29) is 11.7 Å². The fraction of sp³-hybridized carbons (Fsp3) is 0.286.